The van der Waals surface area contributed by atoms with Gasteiger partial charge < -0.3 is 19.7 Å². The maximum absolute atomic E-state index is 12.5. The number of nitrogens with one attached hydrogen (secondary N) is 1. The number of amides is 2. The van der Waals surface area contributed by atoms with Crippen LogP contribution in [0.5, 0.6) is 5.75 Å². The minimum Gasteiger partial charge on any atom is -0.492 e. The van der Waals surface area contributed by atoms with Gasteiger partial charge in [-0.1, -0.05) is 42.2 Å². The molecule has 0 saturated heterocycles. The topological polar surface area (TPSA) is 67.9 Å². The summed E-state index contributed by atoms with van der Waals surface area (Å²) in [4.78, 5) is 25.7. The summed E-state index contributed by atoms with van der Waals surface area (Å²) in [7, 11) is 3.05. The molecule has 0 bridgehead atoms. The van der Waals surface area contributed by atoms with E-state index in [1.165, 1.54) is 7.11 Å². The molecule has 0 aliphatic carbocycles. The average Bonchev–Trinajstić information content (AvgIpc) is 2.83. The highest BCUT2D eigenvalue weighted by Gasteiger charge is 2.09. The lowest BCUT2D eigenvalue weighted by Crippen LogP contribution is -2.34. The minimum absolute atomic E-state index is 0.238. The zero-order valence-electron chi connectivity index (χ0n) is 18.0. The van der Waals surface area contributed by atoms with Gasteiger partial charge in [-0.15, -0.1) is 0 Å². The van der Waals surface area contributed by atoms with E-state index in [4.69, 9.17) is 9.47 Å². The van der Waals surface area contributed by atoms with Gasteiger partial charge in [0.25, 0.3) is 0 Å². The third-order valence-corrected chi connectivity index (χ3v) is 4.53. The van der Waals surface area contributed by atoms with Gasteiger partial charge >= 0.3 is 12.0 Å². The van der Waals surface area contributed by atoms with Crippen LogP contribution in [-0.4, -0.2) is 44.2 Å². The lowest BCUT2D eigenvalue weighted by molar-refractivity contribution is 0.0600. The molecule has 162 valence electrons. The van der Waals surface area contributed by atoms with Crippen LogP contribution < -0.4 is 10.1 Å². The second-order valence-electron chi connectivity index (χ2n) is 6.92. The van der Waals surface area contributed by atoms with E-state index in [1.54, 1.807) is 42.3 Å². The molecule has 0 aliphatic heterocycles. The van der Waals surface area contributed by atoms with Crippen molar-refractivity contribution in [1.82, 2.24) is 4.90 Å². The summed E-state index contributed by atoms with van der Waals surface area (Å²) in [6, 6.07) is 23.4. The number of urea groups is 1. The van der Waals surface area contributed by atoms with Gasteiger partial charge in [-0.25, -0.2) is 9.59 Å². The average molecular weight is 428 g/mol. The molecule has 0 radical (unpaired) electrons. The molecule has 3 rings (SSSR count). The third kappa shape index (κ3) is 6.64. The van der Waals surface area contributed by atoms with Gasteiger partial charge in [-0.2, -0.15) is 0 Å². The number of ether oxygens (including phenoxy) is 2. The monoisotopic (exact) mass is 428 g/mol. The fourth-order valence-corrected chi connectivity index (χ4v) is 2.80. The Morgan fingerprint density at radius 1 is 0.906 bits per heavy atom. The van der Waals surface area contributed by atoms with Crippen LogP contribution in [0.2, 0.25) is 0 Å². The number of benzene rings is 3. The first-order chi connectivity index (χ1) is 15.5. The van der Waals surface area contributed by atoms with Gasteiger partial charge in [0.1, 0.15) is 12.4 Å². The first kappa shape index (κ1) is 22.4. The summed E-state index contributed by atoms with van der Waals surface area (Å²) >= 11 is 0. The van der Waals surface area contributed by atoms with Crippen LogP contribution in [0.3, 0.4) is 0 Å². The summed E-state index contributed by atoms with van der Waals surface area (Å²) in [5.41, 5.74) is 2.52. The molecule has 3 aromatic carbocycles. The Hall–Kier alpha value is -4.24. The number of hydrogen-bond acceptors (Lipinski definition) is 4. The van der Waals surface area contributed by atoms with Crippen LogP contribution in [0.25, 0.3) is 0 Å². The van der Waals surface area contributed by atoms with E-state index >= 15 is 0 Å². The van der Waals surface area contributed by atoms with E-state index in [-0.39, 0.29) is 6.03 Å². The Balaban J connectivity index is 1.57. The lowest BCUT2D eigenvalue weighted by Gasteiger charge is -2.18. The molecule has 6 nitrogen and oxygen atoms in total. The van der Waals surface area contributed by atoms with E-state index in [0.29, 0.717) is 30.0 Å². The second-order valence-corrected chi connectivity index (χ2v) is 6.92. The number of rotatable bonds is 6. The summed E-state index contributed by atoms with van der Waals surface area (Å²) < 4.78 is 10.4. The molecular weight excluding hydrogens is 404 g/mol. The highest BCUT2D eigenvalue weighted by molar-refractivity contribution is 5.90. The zero-order chi connectivity index (χ0) is 22.8. The quantitative estimate of drug-likeness (QED) is 0.466. The van der Waals surface area contributed by atoms with Crippen molar-refractivity contribution in [2.45, 2.75) is 0 Å². The Kier molecular flexibility index (Phi) is 7.88. The van der Waals surface area contributed by atoms with E-state index in [9.17, 15) is 9.59 Å². The van der Waals surface area contributed by atoms with Crippen molar-refractivity contribution in [3.8, 4) is 17.6 Å². The predicted molar refractivity (Wildman–Crippen MR) is 124 cm³/mol. The maximum atomic E-state index is 12.5. The van der Waals surface area contributed by atoms with Crippen molar-refractivity contribution in [3.63, 3.8) is 0 Å². The number of likely N-dealkylation sites (N-methyl/N-ethyl adjacent to an activating group) is 1. The molecule has 0 fully saturated rings. The molecule has 0 spiro atoms. The van der Waals surface area contributed by atoms with Crippen LogP contribution in [-0.2, 0) is 4.74 Å². The van der Waals surface area contributed by atoms with Gasteiger partial charge in [0.2, 0.25) is 0 Å². The fraction of sp³-hybridized carbons (Fsp3) is 0.154. The second kappa shape index (κ2) is 11.2. The molecular formula is C26H24N2O4. The molecule has 0 heterocycles. The predicted octanol–water partition coefficient (Wildman–Crippen LogP) is 4.42. The van der Waals surface area contributed by atoms with Crippen molar-refractivity contribution >= 4 is 17.7 Å². The van der Waals surface area contributed by atoms with Crippen molar-refractivity contribution in [3.05, 3.63) is 95.6 Å². The largest absolute Gasteiger partial charge is 0.492 e. The van der Waals surface area contributed by atoms with Gasteiger partial charge in [-0.3, -0.25) is 0 Å². The number of carbonyl (C=O) groups is 2. The van der Waals surface area contributed by atoms with E-state index in [0.717, 1.165) is 11.3 Å². The Morgan fingerprint density at radius 2 is 1.59 bits per heavy atom. The Labute approximate surface area is 187 Å². The maximum Gasteiger partial charge on any atom is 0.337 e. The van der Waals surface area contributed by atoms with Crippen LogP contribution in [0, 0.1) is 11.8 Å². The molecule has 0 atom stereocenters. The van der Waals surface area contributed by atoms with Crippen LogP contribution >= 0.6 is 0 Å². The van der Waals surface area contributed by atoms with Gasteiger partial charge in [-0.05, 0) is 48.5 Å². The third-order valence-electron chi connectivity index (χ3n) is 4.53. The molecule has 32 heavy (non-hydrogen) atoms. The molecule has 0 aromatic heterocycles. The van der Waals surface area contributed by atoms with E-state index in [1.807, 2.05) is 48.5 Å². The molecule has 0 saturated carbocycles. The minimum atomic E-state index is -0.406. The first-order valence-corrected chi connectivity index (χ1v) is 10.1. The van der Waals surface area contributed by atoms with Crippen molar-refractivity contribution in [2.75, 3.05) is 32.6 Å². The van der Waals surface area contributed by atoms with Crippen molar-refractivity contribution in [2.24, 2.45) is 0 Å². The highest BCUT2D eigenvalue weighted by atomic mass is 16.5. The van der Waals surface area contributed by atoms with Crippen LogP contribution in [0.4, 0.5) is 10.5 Å². The SMILES string of the molecule is COC(=O)c1cccc(C#Cc2cccc(NC(=O)N(C)CCOc3ccccc3)c2)c1. The zero-order valence-corrected chi connectivity index (χ0v) is 18.0. The number of anilines is 1. The molecule has 2 amide bonds. The van der Waals surface area contributed by atoms with Gasteiger partial charge in [0.05, 0.1) is 19.2 Å². The number of esters is 1. The Bertz CT molecular complexity index is 1130. The van der Waals surface area contributed by atoms with Crippen LogP contribution in [0.1, 0.15) is 21.5 Å². The summed E-state index contributed by atoms with van der Waals surface area (Å²) in [5, 5.41) is 2.86. The van der Waals surface area contributed by atoms with Gasteiger partial charge in [0, 0.05) is 23.9 Å². The van der Waals surface area contributed by atoms with Gasteiger partial charge in [0.15, 0.2) is 0 Å². The van der Waals surface area contributed by atoms with E-state index in [2.05, 4.69) is 17.2 Å². The van der Waals surface area contributed by atoms with E-state index < -0.39 is 5.97 Å². The summed E-state index contributed by atoms with van der Waals surface area (Å²) in [6.45, 7) is 0.834. The number of methoxy groups -OCH3 is 1. The molecule has 1 N–H and O–H groups in total. The first-order valence-electron chi connectivity index (χ1n) is 10.1. The number of carbonyl (C=O) groups excluding carboxylic acids is 2. The molecule has 0 unspecified atom stereocenters. The smallest absolute Gasteiger partial charge is 0.337 e. The molecule has 6 heteroatoms. The normalized spacial score (nSPS) is 9.81. The fourth-order valence-electron chi connectivity index (χ4n) is 2.80. The number of nitrogens with zero attached hydrogens (tertiary/aromatic N) is 1. The molecule has 3 aromatic rings. The Morgan fingerprint density at radius 3 is 2.31 bits per heavy atom. The highest BCUT2D eigenvalue weighted by Crippen LogP contribution is 2.12. The van der Waals surface area contributed by atoms with Crippen molar-refractivity contribution in [1.29, 1.82) is 0 Å². The summed E-state index contributed by atoms with van der Waals surface area (Å²) in [6.07, 6.45) is 0. The van der Waals surface area contributed by atoms with Crippen LogP contribution in [0.15, 0.2) is 78.9 Å². The standard InChI is InChI=1S/C26H24N2O4/c1-28(16-17-32-24-12-4-3-5-13-24)26(30)27-23-11-7-9-21(19-23)15-14-20-8-6-10-22(18-20)25(29)31-2/h3-13,18-19H,16-17H2,1-2H3,(H,27,30). The number of para-hydroxylation sites is 1. The summed E-state index contributed by atoms with van der Waals surface area (Å²) in [5.74, 6) is 6.45. The molecule has 0 aliphatic rings. The lowest BCUT2D eigenvalue weighted by atomic mass is 10.1. The van der Waals surface area contributed by atoms with Crippen molar-refractivity contribution < 1.29 is 19.1 Å². The number of hydrogen-bond donors (Lipinski definition) is 1.